The molecule has 1 aliphatic carbocycles. The molecule has 1 aromatic rings. The Balaban J connectivity index is 1.84. The van der Waals surface area contributed by atoms with Crippen LogP contribution in [-0.2, 0) is 6.42 Å². The van der Waals surface area contributed by atoms with Crippen LogP contribution < -0.4 is 5.73 Å². The fraction of sp³-hybridized carbons (Fsp3) is 0.667. The summed E-state index contributed by atoms with van der Waals surface area (Å²) < 4.78 is 0. The predicted octanol–water partition coefficient (Wildman–Crippen LogP) is 3.37. The van der Waals surface area contributed by atoms with Crippen molar-refractivity contribution in [3.8, 4) is 0 Å². The maximum absolute atomic E-state index is 6.14. The molecule has 2 nitrogen and oxygen atoms in total. The molecular formula is C18H28N2. The minimum absolute atomic E-state index is 0.433. The van der Waals surface area contributed by atoms with E-state index in [1.54, 1.807) is 0 Å². The molecule has 0 aromatic heterocycles. The van der Waals surface area contributed by atoms with E-state index in [-0.39, 0.29) is 0 Å². The molecule has 0 spiro atoms. The van der Waals surface area contributed by atoms with Crippen LogP contribution in [-0.4, -0.2) is 24.0 Å². The fourth-order valence-electron chi connectivity index (χ4n) is 4.55. The summed E-state index contributed by atoms with van der Waals surface area (Å²) in [6.45, 7) is 6.76. The molecule has 1 saturated carbocycles. The largest absolute Gasteiger partial charge is 0.329 e. The minimum Gasteiger partial charge on any atom is -0.329 e. The lowest BCUT2D eigenvalue weighted by Gasteiger charge is -2.45. The van der Waals surface area contributed by atoms with E-state index in [4.69, 9.17) is 5.73 Å². The Bertz CT molecular complexity index is 446. The van der Waals surface area contributed by atoms with Crippen molar-refractivity contribution >= 4 is 0 Å². The zero-order chi connectivity index (χ0) is 14.1. The first-order chi connectivity index (χ1) is 9.69. The van der Waals surface area contributed by atoms with Gasteiger partial charge in [0.25, 0.3) is 0 Å². The summed E-state index contributed by atoms with van der Waals surface area (Å²) in [6, 6.07) is 10.1. The van der Waals surface area contributed by atoms with Crippen molar-refractivity contribution in [3.63, 3.8) is 0 Å². The Labute approximate surface area is 123 Å². The average molecular weight is 272 g/mol. The highest BCUT2D eigenvalue weighted by Gasteiger charge is 2.34. The lowest BCUT2D eigenvalue weighted by molar-refractivity contribution is 0.0665. The SMILES string of the molecule is CC1CC(C)CC(N2CCc3ccccc3C2CN)C1. The van der Waals surface area contributed by atoms with Crippen molar-refractivity contribution in [1.29, 1.82) is 0 Å². The molecule has 1 aromatic carbocycles. The van der Waals surface area contributed by atoms with Crippen LogP contribution in [0.4, 0.5) is 0 Å². The lowest BCUT2D eigenvalue weighted by Crippen LogP contribution is -2.48. The van der Waals surface area contributed by atoms with Crippen molar-refractivity contribution < 1.29 is 0 Å². The number of rotatable bonds is 2. The second kappa shape index (κ2) is 5.87. The highest BCUT2D eigenvalue weighted by molar-refractivity contribution is 5.33. The average Bonchev–Trinajstić information content (AvgIpc) is 2.45. The summed E-state index contributed by atoms with van der Waals surface area (Å²) in [5, 5.41) is 0. The number of benzene rings is 1. The van der Waals surface area contributed by atoms with Crippen molar-refractivity contribution in [3.05, 3.63) is 35.4 Å². The molecule has 0 saturated heterocycles. The van der Waals surface area contributed by atoms with Gasteiger partial charge in [0.15, 0.2) is 0 Å². The van der Waals surface area contributed by atoms with E-state index in [2.05, 4.69) is 43.0 Å². The Morgan fingerprint density at radius 2 is 1.80 bits per heavy atom. The number of hydrogen-bond donors (Lipinski definition) is 1. The van der Waals surface area contributed by atoms with Crippen molar-refractivity contribution in [1.82, 2.24) is 4.90 Å². The van der Waals surface area contributed by atoms with Crippen LogP contribution in [0.5, 0.6) is 0 Å². The van der Waals surface area contributed by atoms with Crippen molar-refractivity contribution in [2.45, 2.75) is 51.6 Å². The Kier molecular flexibility index (Phi) is 4.13. The van der Waals surface area contributed by atoms with Gasteiger partial charge in [-0.1, -0.05) is 38.1 Å². The van der Waals surface area contributed by atoms with E-state index in [0.29, 0.717) is 6.04 Å². The van der Waals surface area contributed by atoms with Crippen LogP contribution in [0, 0.1) is 11.8 Å². The predicted molar refractivity (Wildman–Crippen MR) is 84.6 cm³/mol. The monoisotopic (exact) mass is 272 g/mol. The van der Waals surface area contributed by atoms with E-state index in [1.165, 1.54) is 43.4 Å². The summed E-state index contributed by atoms with van der Waals surface area (Å²) >= 11 is 0. The summed E-state index contributed by atoms with van der Waals surface area (Å²) in [5.74, 6) is 1.72. The van der Waals surface area contributed by atoms with Crippen LogP contribution in [0.15, 0.2) is 24.3 Å². The van der Waals surface area contributed by atoms with Gasteiger partial charge in [-0.15, -0.1) is 0 Å². The summed E-state index contributed by atoms with van der Waals surface area (Å²) in [6.07, 6.45) is 5.28. The number of nitrogens with two attached hydrogens (primary N) is 1. The van der Waals surface area contributed by atoms with Gasteiger partial charge in [0.2, 0.25) is 0 Å². The van der Waals surface area contributed by atoms with Gasteiger partial charge in [0.1, 0.15) is 0 Å². The molecule has 2 aliphatic rings. The topological polar surface area (TPSA) is 29.3 Å². The summed E-state index contributed by atoms with van der Waals surface area (Å²) in [5.41, 5.74) is 9.13. The maximum Gasteiger partial charge on any atom is 0.0476 e. The first-order valence-corrected chi connectivity index (χ1v) is 8.22. The van der Waals surface area contributed by atoms with Gasteiger partial charge in [-0.05, 0) is 48.6 Å². The van der Waals surface area contributed by atoms with Gasteiger partial charge in [0.05, 0.1) is 0 Å². The smallest absolute Gasteiger partial charge is 0.0476 e. The molecule has 20 heavy (non-hydrogen) atoms. The van der Waals surface area contributed by atoms with Gasteiger partial charge in [0, 0.05) is 25.2 Å². The van der Waals surface area contributed by atoms with Crippen LogP contribution in [0.3, 0.4) is 0 Å². The van der Waals surface area contributed by atoms with E-state index in [0.717, 1.165) is 24.4 Å². The van der Waals surface area contributed by atoms with Crippen LogP contribution >= 0.6 is 0 Å². The van der Waals surface area contributed by atoms with Gasteiger partial charge in [-0.25, -0.2) is 0 Å². The molecule has 3 unspecified atom stereocenters. The quantitative estimate of drug-likeness (QED) is 0.894. The standard InChI is InChI=1S/C18H28N2/c1-13-9-14(2)11-16(10-13)20-8-7-15-5-3-4-6-17(15)18(20)12-19/h3-6,13-14,16,18H,7-12,19H2,1-2H3. The van der Waals surface area contributed by atoms with E-state index in [9.17, 15) is 0 Å². The molecule has 0 radical (unpaired) electrons. The Hall–Kier alpha value is -0.860. The highest BCUT2D eigenvalue weighted by atomic mass is 15.2. The minimum atomic E-state index is 0.433. The number of fused-ring (bicyclic) bond motifs is 1. The van der Waals surface area contributed by atoms with Gasteiger partial charge < -0.3 is 5.73 Å². The molecule has 1 heterocycles. The van der Waals surface area contributed by atoms with Crippen LogP contribution in [0.2, 0.25) is 0 Å². The molecule has 0 bridgehead atoms. The molecule has 1 fully saturated rings. The second-order valence-corrected chi connectivity index (χ2v) is 7.01. The maximum atomic E-state index is 6.14. The Morgan fingerprint density at radius 3 is 2.50 bits per heavy atom. The zero-order valence-electron chi connectivity index (χ0n) is 12.9. The van der Waals surface area contributed by atoms with Crippen LogP contribution in [0.1, 0.15) is 50.3 Å². The van der Waals surface area contributed by atoms with Gasteiger partial charge >= 0.3 is 0 Å². The molecule has 2 heteroatoms. The van der Waals surface area contributed by atoms with Crippen molar-refractivity contribution in [2.24, 2.45) is 17.6 Å². The fourth-order valence-corrected chi connectivity index (χ4v) is 4.55. The molecule has 1 aliphatic heterocycles. The molecule has 3 rings (SSSR count). The third kappa shape index (κ3) is 2.64. The summed E-state index contributed by atoms with van der Waals surface area (Å²) in [7, 11) is 0. The molecule has 0 amide bonds. The first kappa shape index (κ1) is 14.1. The lowest BCUT2D eigenvalue weighted by atomic mass is 9.78. The van der Waals surface area contributed by atoms with Crippen LogP contribution in [0.25, 0.3) is 0 Å². The third-order valence-corrected chi connectivity index (χ3v) is 5.30. The van der Waals surface area contributed by atoms with E-state index < -0.39 is 0 Å². The normalized spacial score (nSPS) is 34.8. The molecule has 2 N–H and O–H groups in total. The molecule has 110 valence electrons. The molecule has 3 atom stereocenters. The number of nitrogens with zero attached hydrogens (tertiary/aromatic N) is 1. The van der Waals surface area contributed by atoms with Gasteiger partial charge in [-0.2, -0.15) is 0 Å². The van der Waals surface area contributed by atoms with E-state index >= 15 is 0 Å². The molecular weight excluding hydrogens is 244 g/mol. The van der Waals surface area contributed by atoms with Gasteiger partial charge in [-0.3, -0.25) is 4.90 Å². The first-order valence-electron chi connectivity index (χ1n) is 8.22. The van der Waals surface area contributed by atoms with Crippen molar-refractivity contribution in [2.75, 3.05) is 13.1 Å². The highest BCUT2D eigenvalue weighted by Crippen LogP contribution is 2.38. The second-order valence-electron chi connectivity index (χ2n) is 7.01. The van der Waals surface area contributed by atoms with E-state index in [1.807, 2.05) is 0 Å². The zero-order valence-corrected chi connectivity index (χ0v) is 12.9. The third-order valence-electron chi connectivity index (χ3n) is 5.30. The summed E-state index contributed by atoms with van der Waals surface area (Å²) in [4.78, 5) is 2.72. The Morgan fingerprint density at radius 1 is 1.10 bits per heavy atom. The number of hydrogen-bond acceptors (Lipinski definition) is 2.